The lowest BCUT2D eigenvalue weighted by Crippen LogP contribution is -2.30. The minimum Gasteiger partial charge on any atom is -0.462 e. The van der Waals surface area contributed by atoms with E-state index in [4.69, 9.17) is 16.3 Å². The normalized spacial score (nSPS) is 11.5. The van der Waals surface area contributed by atoms with Gasteiger partial charge in [0.15, 0.2) is 0 Å². The summed E-state index contributed by atoms with van der Waals surface area (Å²) in [5.74, 6) is -1.01. The van der Waals surface area contributed by atoms with Crippen LogP contribution in [0.2, 0.25) is 5.02 Å². The van der Waals surface area contributed by atoms with Crippen molar-refractivity contribution in [1.29, 1.82) is 0 Å². The fourth-order valence-corrected chi connectivity index (χ4v) is 3.46. The van der Waals surface area contributed by atoms with Crippen molar-refractivity contribution in [1.82, 2.24) is 9.78 Å². The fourth-order valence-electron chi connectivity index (χ4n) is 3.20. The Morgan fingerprint density at radius 3 is 2.56 bits per heavy atom. The summed E-state index contributed by atoms with van der Waals surface area (Å²) in [4.78, 5) is 25.5. The Labute approximate surface area is 185 Å². The van der Waals surface area contributed by atoms with E-state index in [0.29, 0.717) is 15.8 Å². The number of nitrogens with zero attached hydrogens (tertiary/aromatic N) is 2. The number of carbonyl (C=O) groups is 1. The fraction of sp³-hybridized carbons (Fsp3) is 0.227. The van der Waals surface area contributed by atoms with Gasteiger partial charge in [0.05, 0.1) is 35.2 Å². The zero-order chi connectivity index (χ0) is 23.6. The van der Waals surface area contributed by atoms with Crippen LogP contribution in [0.1, 0.15) is 34.0 Å². The Hall–Kier alpha value is -3.17. The Bertz CT molecular complexity index is 1240. The summed E-state index contributed by atoms with van der Waals surface area (Å²) in [5, 5.41) is 13.2. The third-order valence-corrected chi connectivity index (χ3v) is 4.83. The molecule has 0 radical (unpaired) electrons. The summed E-state index contributed by atoms with van der Waals surface area (Å²) in [6.45, 7) is 2.94. The first-order valence-corrected chi connectivity index (χ1v) is 9.84. The lowest BCUT2D eigenvalue weighted by molar-refractivity contribution is -0.137. The topological polar surface area (TPSA) is 81.4 Å². The van der Waals surface area contributed by atoms with Gasteiger partial charge in [0.1, 0.15) is 5.56 Å². The van der Waals surface area contributed by atoms with Gasteiger partial charge in [0.25, 0.3) is 5.56 Å². The molecule has 1 N–H and O–H groups in total. The number of hydrogen-bond acceptors (Lipinski definition) is 5. The Kier molecular flexibility index (Phi) is 6.71. The second-order valence-corrected chi connectivity index (χ2v) is 7.29. The summed E-state index contributed by atoms with van der Waals surface area (Å²) in [5.41, 5.74) is -1.84. The first-order chi connectivity index (χ1) is 15.1. The van der Waals surface area contributed by atoms with E-state index in [1.807, 2.05) is 0 Å². The number of esters is 1. The smallest absolute Gasteiger partial charge is 0.418 e. The van der Waals surface area contributed by atoms with Crippen molar-refractivity contribution in [3.8, 4) is 16.9 Å². The van der Waals surface area contributed by atoms with Crippen LogP contribution in [0.25, 0.3) is 16.9 Å². The maximum atomic E-state index is 13.7. The molecule has 3 aromatic rings. The summed E-state index contributed by atoms with van der Waals surface area (Å²) < 4.78 is 46.4. The number of para-hydroxylation sites is 1. The van der Waals surface area contributed by atoms with Gasteiger partial charge in [0.2, 0.25) is 0 Å². The van der Waals surface area contributed by atoms with Gasteiger partial charge in [-0.2, -0.15) is 23.0 Å². The van der Waals surface area contributed by atoms with Crippen LogP contribution in [0, 0.1) is 6.92 Å². The third kappa shape index (κ3) is 4.68. The molecule has 0 aliphatic heterocycles. The number of halogens is 4. The van der Waals surface area contributed by atoms with Gasteiger partial charge < -0.3 is 9.84 Å². The highest BCUT2D eigenvalue weighted by atomic mass is 35.5. The highest BCUT2D eigenvalue weighted by molar-refractivity contribution is 6.32. The number of aliphatic hydroxyl groups excluding tert-OH is 1. The number of aromatic nitrogens is 2. The largest absolute Gasteiger partial charge is 0.462 e. The van der Waals surface area contributed by atoms with E-state index in [-0.39, 0.29) is 23.9 Å². The van der Waals surface area contributed by atoms with E-state index in [1.54, 1.807) is 25.1 Å². The first kappa shape index (κ1) is 23.5. The molecule has 0 saturated carbocycles. The van der Waals surface area contributed by atoms with Crippen LogP contribution in [0.5, 0.6) is 0 Å². The molecule has 0 spiro atoms. The van der Waals surface area contributed by atoms with Crippen LogP contribution >= 0.6 is 11.6 Å². The van der Waals surface area contributed by atoms with Crippen molar-refractivity contribution < 1.29 is 27.8 Å². The number of rotatable bonds is 5. The van der Waals surface area contributed by atoms with Crippen LogP contribution in [-0.2, 0) is 17.5 Å². The summed E-state index contributed by atoms with van der Waals surface area (Å²) in [6, 6.07) is 9.12. The molecule has 6 nitrogen and oxygen atoms in total. The molecular formula is C22H18ClF3N2O4. The molecule has 2 aromatic carbocycles. The molecule has 0 fully saturated rings. The molecule has 0 atom stereocenters. The molecule has 0 unspecified atom stereocenters. The Morgan fingerprint density at radius 1 is 1.22 bits per heavy atom. The zero-order valence-electron chi connectivity index (χ0n) is 17.0. The first-order valence-electron chi connectivity index (χ1n) is 9.46. The lowest BCUT2D eigenvalue weighted by atomic mass is 10.0. The lowest BCUT2D eigenvalue weighted by Gasteiger charge is -2.17. The second kappa shape index (κ2) is 9.13. The van der Waals surface area contributed by atoms with Crippen LogP contribution < -0.4 is 5.56 Å². The van der Waals surface area contributed by atoms with Crippen molar-refractivity contribution in [2.24, 2.45) is 0 Å². The molecule has 0 amide bonds. The van der Waals surface area contributed by atoms with Crippen molar-refractivity contribution >= 4 is 17.6 Å². The zero-order valence-corrected chi connectivity index (χ0v) is 17.8. The van der Waals surface area contributed by atoms with Gasteiger partial charge in [-0.3, -0.25) is 4.79 Å². The van der Waals surface area contributed by atoms with Crippen molar-refractivity contribution in [2.75, 3.05) is 6.61 Å². The second-order valence-electron chi connectivity index (χ2n) is 6.88. The minimum absolute atomic E-state index is 0.0269. The summed E-state index contributed by atoms with van der Waals surface area (Å²) >= 11 is 6.06. The van der Waals surface area contributed by atoms with Crippen molar-refractivity contribution in [2.45, 2.75) is 26.6 Å². The van der Waals surface area contributed by atoms with Crippen LogP contribution in [0.3, 0.4) is 0 Å². The maximum Gasteiger partial charge on any atom is 0.418 e. The number of aliphatic hydroxyl groups is 1. The number of hydrogen-bond donors (Lipinski definition) is 1. The number of carbonyl (C=O) groups excluding carboxylic acids is 1. The van der Waals surface area contributed by atoms with Crippen LogP contribution in [0.15, 0.2) is 47.3 Å². The molecule has 32 heavy (non-hydrogen) atoms. The molecule has 1 aromatic heterocycles. The Morgan fingerprint density at radius 2 is 1.94 bits per heavy atom. The molecule has 1 heterocycles. The van der Waals surface area contributed by atoms with E-state index in [1.165, 1.54) is 13.0 Å². The van der Waals surface area contributed by atoms with Gasteiger partial charge >= 0.3 is 12.1 Å². The highest BCUT2D eigenvalue weighted by Crippen LogP contribution is 2.36. The molecule has 0 aliphatic carbocycles. The standard InChI is InChI=1S/C22H18ClF3N2O4/c1-3-32-21(31)15-10-18(14-8-12(2)7-13(9-14)11-29)27-28(20(15)30)19-16(22(24,25)26)5-4-6-17(19)23/h4-10,29H,3,11H2,1-2H3. The average Bonchev–Trinajstić information content (AvgIpc) is 2.73. The maximum absolute atomic E-state index is 13.7. The molecule has 0 aliphatic rings. The van der Waals surface area contributed by atoms with Crippen molar-refractivity contribution in [3.63, 3.8) is 0 Å². The SMILES string of the molecule is CCOC(=O)c1cc(-c2cc(C)cc(CO)c2)nn(-c2c(Cl)cccc2C(F)(F)F)c1=O. The molecule has 10 heteroatoms. The summed E-state index contributed by atoms with van der Waals surface area (Å²) in [7, 11) is 0. The van der Waals surface area contributed by atoms with Gasteiger partial charge in [-0.15, -0.1) is 0 Å². The van der Waals surface area contributed by atoms with E-state index in [0.717, 1.165) is 23.8 Å². The monoisotopic (exact) mass is 466 g/mol. The quantitative estimate of drug-likeness (QED) is 0.558. The van der Waals surface area contributed by atoms with Gasteiger partial charge in [-0.05, 0) is 49.7 Å². The number of alkyl halides is 3. The predicted octanol–water partition coefficient (Wildman–Crippen LogP) is 4.55. The van der Waals surface area contributed by atoms with E-state index >= 15 is 0 Å². The molecule has 0 saturated heterocycles. The van der Waals surface area contributed by atoms with Gasteiger partial charge in [-0.1, -0.05) is 29.3 Å². The molecule has 3 rings (SSSR count). The third-order valence-electron chi connectivity index (χ3n) is 4.53. The van der Waals surface area contributed by atoms with Crippen molar-refractivity contribution in [3.05, 3.63) is 80.1 Å². The van der Waals surface area contributed by atoms with E-state index in [2.05, 4.69) is 5.10 Å². The average molecular weight is 467 g/mol. The van der Waals surface area contributed by atoms with Crippen LogP contribution in [0.4, 0.5) is 13.2 Å². The summed E-state index contributed by atoms with van der Waals surface area (Å²) in [6.07, 6.45) is -4.84. The highest BCUT2D eigenvalue weighted by Gasteiger charge is 2.36. The Balaban J connectivity index is 2.40. The number of aryl methyl sites for hydroxylation is 1. The van der Waals surface area contributed by atoms with Gasteiger partial charge in [-0.25, -0.2) is 4.79 Å². The van der Waals surface area contributed by atoms with E-state index in [9.17, 15) is 27.9 Å². The molecular weight excluding hydrogens is 449 g/mol. The molecule has 0 bridgehead atoms. The number of benzene rings is 2. The number of ether oxygens (including phenoxy) is 1. The van der Waals surface area contributed by atoms with E-state index < -0.39 is 34.5 Å². The predicted molar refractivity (Wildman–Crippen MR) is 112 cm³/mol. The van der Waals surface area contributed by atoms with Crippen LogP contribution in [-0.4, -0.2) is 27.5 Å². The van der Waals surface area contributed by atoms with Gasteiger partial charge in [0, 0.05) is 5.56 Å². The molecule has 168 valence electrons. The minimum atomic E-state index is -4.84.